The zero-order valence-electron chi connectivity index (χ0n) is 15.8. The highest BCUT2D eigenvalue weighted by molar-refractivity contribution is 9.10. The first-order valence-corrected chi connectivity index (χ1v) is 10.5. The molecule has 4 aromatic carbocycles. The highest BCUT2D eigenvalue weighted by Crippen LogP contribution is 2.63. The van der Waals surface area contributed by atoms with Gasteiger partial charge in [0.15, 0.2) is 0 Å². The monoisotopic (exact) mass is 444 g/mol. The number of fused-ring (bicyclic) bond motifs is 10. The van der Waals surface area contributed by atoms with Crippen LogP contribution in [0.15, 0.2) is 83.3 Å². The molecular weight excluding hydrogens is 432 g/mol. The number of benzene rings is 4. The fraction of sp³-hybridized carbons (Fsp3) is 0.0370. The predicted octanol–water partition coefficient (Wildman–Crippen LogP) is 6.54. The van der Waals surface area contributed by atoms with Crippen LogP contribution in [0.4, 0.5) is 0 Å². The standard InChI is InChI=1S/C27H13BrN2/c28-18-7-10-22-19-3-1-2-4-23(19)27(26(22)13-18)24-11-16(14-29)5-8-20(24)21-9-6-17(15-30)12-25(21)27/h1-13H. The minimum atomic E-state index is -0.542. The van der Waals surface area contributed by atoms with E-state index in [4.69, 9.17) is 0 Å². The summed E-state index contributed by atoms with van der Waals surface area (Å²) >= 11 is 3.67. The molecule has 2 aliphatic carbocycles. The second-order valence-electron chi connectivity index (χ2n) is 7.73. The average Bonchev–Trinajstić information content (AvgIpc) is 3.24. The molecule has 0 fully saturated rings. The van der Waals surface area contributed by atoms with E-state index in [9.17, 15) is 10.5 Å². The molecule has 6 rings (SSSR count). The lowest BCUT2D eigenvalue weighted by molar-refractivity contribution is 0.792. The van der Waals surface area contributed by atoms with Crippen LogP contribution in [-0.2, 0) is 5.41 Å². The van der Waals surface area contributed by atoms with Crippen LogP contribution in [0.5, 0.6) is 0 Å². The van der Waals surface area contributed by atoms with Crippen molar-refractivity contribution in [3.05, 3.63) is 117 Å². The summed E-state index contributed by atoms with van der Waals surface area (Å²) in [4.78, 5) is 0. The van der Waals surface area contributed by atoms with Crippen molar-refractivity contribution in [2.45, 2.75) is 5.41 Å². The Hall–Kier alpha value is -3.66. The molecule has 0 atom stereocenters. The van der Waals surface area contributed by atoms with Crippen molar-refractivity contribution >= 4 is 15.9 Å². The fourth-order valence-corrected chi connectivity index (χ4v) is 5.66. The molecule has 0 N–H and O–H groups in total. The van der Waals surface area contributed by atoms with Gasteiger partial charge in [-0.3, -0.25) is 0 Å². The topological polar surface area (TPSA) is 47.6 Å². The summed E-state index contributed by atoms with van der Waals surface area (Å²) in [5, 5.41) is 19.3. The third kappa shape index (κ3) is 1.96. The van der Waals surface area contributed by atoms with E-state index in [0.717, 1.165) is 26.7 Å². The smallest absolute Gasteiger partial charge is 0.0991 e. The number of hydrogen-bond donors (Lipinski definition) is 0. The summed E-state index contributed by atoms with van der Waals surface area (Å²) in [6.45, 7) is 0. The molecule has 138 valence electrons. The Morgan fingerprint density at radius 3 is 1.67 bits per heavy atom. The molecule has 4 aromatic rings. The number of rotatable bonds is 0. The Morgan fingerprint density at radius 1 is 0.567 bits per heavy atom. The second-order valence-corrected chi connectivity index (χ2v) is 8.65. The van der Waals surface area contributed by atoms with Gasteiger partial charge in [-0.15, -0.1) is 0 Å². The lowest BCUT2D eigenvalue weighted by Gasteiger charge is -2.30. The molecular formula is C27H13BrN2. The summed E-state index contributed by atoms with van der Waals surface area (Å²) in [5.41, 5.74) is 9.97. The van der Waals surface area contributed by atoms with Gasteiger partial charge in [0.1, 0.15) is 0 Å². The predicted molar refractivity (Wildman–Crippen MR) is 120 cm³/mol. The van der Waals surface area contributed by atoms with E-state index in [2.05, 4.69) is 70.5 Å². The molecule has 1 spiro atoms. The van der Waals surface area contributed by atoms with E-state index in [-0.39, 0.29) is 0 Å². The van der Waals surface area contributed by atoms with Crippen LogP contribution in [0, 0.1) is 22.7 Å². The van der Waals surface area contributed by atoms with E-state index in [1.54, 1.807) is 0 Å². The van der Waals surface area contributed by atoms with Gasteiger partial charge in [0.25, 0.3) is 0 Å². The van der Waals surface area contributed by atoms with Gasteiger partial charge in [-0.1, -0.05) is 58.4 Å². The summed E-state index contributed by atoms with van der Waals surface area (Å²) in [6.07, 6.45) is 0. The molecule has 0 aliphatic heterocycles. The lowest BCUT2D eigenvalue weighted by atomic mass is 9.70. The van der Waals surface area contributed by atoms with Crippen LogP contribution < -0.4 is 0 Å². The van der Waals surface area contributed by atoms with Crippen molar-refractivity contribution in [3.63, 3.8) is 0 Å². The molecule has 0 unspecified atom stereocenters. The Bertz CT molecular complexity index is 1420. The number of halogens is 1. The quantitative estimate of drug-likeness (QED) is 0.267. The lowest BCUT2D eigenvalue weighted by Crippen LogP contribution is -2.26. The minimum absolute atomic E-state index is 0.542. The van der Waals surface area contributed by atoms with Crippen LogP contribution in [-0.4, -0.2) is 0 Å². The van der Waals surface area contributed by atoms with Crippen molar-refractivity contribution in [1.29, 1.82) is 10.5 Å². The summed E-state index contributed by atoms with van der Waals surface area (Å²) in [7, 11) is 0. The van der Waals surface area contributed by atoms with Gasteiger partial charge < -0.3 is 0 Å². The maximum atomic E-state index is 9.63. The zero-order valence-corrected chi connectivity index (χ0v) is 17.4. The molecule has 0 saturated heterocycles. The summed E-state index contributed by atoms with van der Waals surface area (Å²) in [6, 6.07) is 31.4. The Balaban J connectivity index is 1.87. The largest absolute Gasteiger partial charge is 0.192 e. The third-order valence-electron chi connectivity index (χ3n) is 6.40. The number of nitrogens with zero attached hydrogens (tertiary/aromatic N) is 2. The first kappa shape index (κ1) is 17.2. The van der Waals surface area contributed by atoms with E-state index in [1.807, 2.05) is 36.4 Å². The highest BCUT2D eigenvalue weighted by atomic mass is 79.9. The van der Waals surface area contributed by atoms with Gasteiger partial charge in [-0.2, -0.15) is 10.5 Å². The molecule has 0 heterocycles. The minimum Gasteiger partial charge on any atom is -0.192 e. The second kappa shape index (κ2) is 5.92. The summed E-state index contributed by atoms with van der Waals surface area (Å²) < 4.78 is 1.01. The highest BCUT2D eigenvalue weighted by Gasteiger charge is 2.51. The number of nitriles is 2. The van der Waals surface area contributed by atoms with Crippen molar-refractivity contribution in [1.82, 2.24) is 0 Å². The van der Waals surface area contributed by atoms with Gasteiger partial charge in [-0.05, 0) is 80.9 Å². The molecule has 2 aliphatic rings. The molecule has 30 heavy (non-hydrogen) atoms. The molecule has 0 radical (unpaired) electrons. The van der Waals surface area contributed by atoms with E-state index in [0.29, 0.717) is 11.1 Å². The van der Waals surface area contributed by atoms with Crippen molar-refractivity contribution in [2.75, 3.05) is 0 Å². The molecule has 0 saturated carbocycles. The van der Waals surface area contributed by atoms with Crippen LogP contribution >= 0.6 is 15.9 Å². The van der Waals surface area contributed by atoms with Gasteiger partial charge in [0.2, 0.25) is 0 Å². The normalized spacial score (nSPS) is 13.7. The Morgan fingerprint density at radius 2 is 1.07 bits per heavy atom. The first-order valence-electron chi connectivity index (χ1n) is 9.68. The zero-order chi connectivity index (χ0) is 20.5. The van der Waals surface area contributed by atoms with Crippen molar-refractivity contribution in [3.8, 4) is 34.4 Å². The van der Waals surface area contributed by atoms with Crippen molar-refractivity contribution in [2.24, 2.45) is 0 Å². The Kier molecular flexibility index (Phi) is 3.40. The van der Waals surface area contributed by atoms with Crippen LogP contribution in [0.1, 0.15) is 33.4 Å². The third-order valence-corrected chi connectivity index (χ3v) is 6.90. The SMILES string of the molecule is N#Cc1ccc2c(c1)C1(c3ccccc3-c3ccc(Br)cc31)c1cc(C#N)ccc1-2. The van der Waals surface area contributed by atoms with Gasteiger partial charge >= 0.3 is 0 Å². The van der Waals surface area contributed by atoms with E-state index in [1.165, 1.54) is 22.3 Å². The first-order chi connectivity index (χ1) is 14.7. The van der Waals surface area contributed by atoms with E-state index >= 15 is 0 Å². The van der Waals surface area contributed by atoms with Gasteiger partial charge in [0, 0.05) is 4.47 Å². The Labute approximate surface area is 182 Å². The molecule has 2 nitrogen and oxygen atoms in total. The van der Waals surface area contributed by atoms with Crippen LogP contribution in [0.2, 0.25) is 0 Å². The molecule has 0 bridgehead atoms. The maximum Gasteiger partial charge on any atom is 0.0991 e. The molecule has 3 heteroatoms. The van der Waals surface area contributed by atoms with Gasteiger partial charge in [0.05, 0.1) is 28.7 Å². The molecule has 0 amide bonds. The van der Waals surface area contributed by atoms with Crippen molar-refractivity contribution < 1.29 is 0 Å². The van der Waals surface area contributed by atoms with Crippen LogP contribution in [0.25, 0.3) is 22.3 Å². The fourth-order valence-electron chi connectivity index (χ4n) is 5.29. The summed E-state index contributed by atoms with van der Waals surface area (Å²) in [5.74, 6) is 0. The van der Waals surface area contributed by atoms with Crippen LogP contribution in [0.3, 0.4) is 0 Å². The van der Waals surface area contributed by atoms with E-state index < -0.39 is 5.41 Å². The number of hydrogen-bond acceptors (Lipinski definition) is 2. The molecule has 0 aromatic heterocycles. The average molecular weight is 445 g/mol. The van der Waals surface area contributed by atoms with Gasteiger partial charge in [-0.25, -0.2) is 0 Å². The maximum absolute atomic E-state index is 9.63.